The van der Waals surface area contributed by atoms with E-state index in [1.807, 2.05) is 23.1 Å². The minimum Gasteiger partial charge on any atom is -0.410 e. The molecular weight excluding hydrogens is 316 g/mol. The number of hydrogen-bond acceptors (Lipinski definition) is 3. The first-order chi connectivity index (χ1) is 12.2. The molecule has 1 aliphatic rings. The second-order valence-electron chi connectivity index (χ2n) is 6.14. The summed E-state index contributed by atoms with van der Waals surface area (Å²) in [6.07, 6.45) is 3.26. The predicted molar refractivity (Wildman–Crippen MR) is 96.7 cm³/mol. The number of carbonyl (C=O) groups is 2. The highest BCUT2D eigenvalue weighted by molar-refractivity contribution is 5.86. The van der Waals surface area contributed by atoms with Crippen molar-refractivity contribution in [3.63, 3.8) is 0 Å². The highest BCUT2D eigenvalue weighted by Gasteiger charge is 2.16. The summed E-state index contributed by atoms with van der Waals surface area (Å²) < 4.78 is 5.18. The maximum Gasteiger partial charge on any atom is 0.417 e. The molecule has 2 amide bonds. The van der Waals surface area contributed by atoms with E-state index in [0.29, 0.717) is 17.9 Å². The molecule has 2 aromatic carbocycles. The van der Waals surface area contributed by atoms with Crippen molar-refractivity contribution in [2.45, 2.75) is 25.7 Å². The highest BCUT2D eigenvalue weighted by atomic mass is 16.6. The summed E-state index contributed by atoms with van der Waals surface area (Å²) in [5.41, 5.74) is 1.58. The van der Waals surface area contributed by atoms with Crippen molar-refractivity contribution in [2.75, 3.05) is 18.4 Å². The summed E-state index contributed by atoms with van der Waals surface area (Å²) in [6, 6.07) is 16.2. The summed E-state index contributed by atoms with van der Waals surface area (Å²) in [6.45, 7) is 1.73. The standard InChI is InChI=1S/C20H22N2O3/c23-19(22-13-5-2-6-14-22)15-16-9-11-17(12-10-16)21-20(24)25-18-7-3-1-4-8-18/h1,3-4,7-12H,2,5-6,13-15H2,(H,21,24). The van der Waals surface area contributed by atoms with E-state index in [0.717, 1.165) is 31.5 Å². The molecule has 0 unspecified atom stereocenters. The van der Waals surface area contributed by atoms with Gasteiger partial charge in [-0.1, -0.05) is 30.3 Å². The van der Waals surface area contributed by atoms with Crippen LogP contribution in [0, 0.1) is 0 Å². The van der Waals surface area contributed by atoms with Gasteiger partial charge in [-0.05, 0) is 49.1 Å². The SMILES string of the molecule is O=C(Nc1ccc(CC(=O)N2CCCCC2)cc1)Oc1ccccc1. The molecule has 25 heavy (non-hydrogen) atoms. The van der Waals surface area contributed by atoms with Crippen LogP contribution in [0.25, 0.3) is 0 Å². The summed E-state index contributed by atoms with van der Waals surface area (Å²) in [7, 11) is 0. The number of carbonyl (C=O) groups excluding carboxylic acids is 2. The van der Waals surface area contributed by atoms with Crippen LogP contribution >= 0.6 is 0 Å². The molecular formula is C20H22N2O3. The smallest absolute Gasteiger partial charge is 0.410 e. The molecule has 2 aromatic rings. The monoisotopic (exact) mass is 338 g/mol. The third kappa shape index (κ3) is 5.08. The van der Waals surface area contributed by atoms with Crippen LogP contribution in [0.2, 0.25) is 0 Å². The number of rotatable bonds is 4. The van der Waals surface area contributed by atoms with Crippen molar-refractivity contribution in [1.82, 2.24) is 4.90 Å². The predicted octanol–water partition coefficient (Wildman–Crippen LogP) is 3.85. The Balaban J connectivity index is 1.51. The summed E-state index contributed by atoms with van der Waals surface area (Å²) in [5, 5.41) is 2.68. The number of hydrogen-bond donors (Lipinski definition) is 1. The first kappa shape index (κ1) is 17.0. The number of piperidine rings is 1. The summed E-state index contributed by atoms with van der Waals surface area (Å²) in [4.78, 5) is 26.1. The summed E-state index contributed by atoms with van der Waals surface area (Å²) >= 11 is 0. The van der Waals surface area contributed by atoms with Gasteiger partial charge in [0.25, 0.3) is 0 Å². The zero-order valence-corrected chi connectivity index (χ0v) is 14.1. The first-order valence-electron chi connectivity index (χ1n) is 8.61. The second kappa shape index (κ2) is 8.33. The molecule has 1 heterocycles. The Morgan fingerprint density at radius 2 is 1.60 bits per heavy atom. The van der Waals surface area contributed by atoms with Crippen molar-refractivity contribution in [2.24, 2.45) is 0 Å². The van der Waals surface area contributed by atoms with Crippen molar-refractivity contribution in [3.8, 4) is 5.75 Å². The average Bonchev–Trinajstić information content (AvgIpc) is 2.65. The molecule has 0 spiro atoms. The van der Waals surface area contributed by atoms with Gasteiger partial charge in [-0.2, -0.15) is 0 Å². The van der Waals surface area contributed by atoms with Gasteiger partial charge in [0, 0.05) is 18.8 Å². The van der Waals surface area contributed by atoms with E-state index in [1.165, 1.54) is 6.42 Å². The van der Waals surface area contributed by atoms with E-state index in [4.69, 9.17) is 4.74 Å². The number of para-hydroxylation sites is 1. The minimum absolute atomic E-state index is 0.170. The van der Waals surface area contributed by atoms with Crippen LogP contribution < -0.4 is 10.1 Å². The number of likely N-dealkylation sites (tertiary alicyclic amines) is 1. The summed E-state index contributed by atoms with van der Waals surface area (Å²) in [5.74, 6) is 0.660. The quantitative estimate of drug-likeness (QED) is 0.921. The van der Waals surface area contributed by atoms with Crippen molar-refractivity contribution >= 4 is 17.7 Å². The van der Waals surface area contributed by atoms with Gasteiger partial charge in [0.2, 0.25) is 5.91 Å². The zero-order valence-electron chi connectivity index (χ0n) is 14.1. The fourth-order valence-electron chi connectivity index (χ4n) is 2.87. The van der Waals surface area contributed by atoms with Gasteiger partial charge in [-0.3, -0.25) is 10.1 Å². The molecule has 130 valence electrons. The van der Waals surface area contributed by atoms with Crippen LogP contribution in [-0.2, 0) is 11.2 Å². The lowest BCUT2D eigenvalue weighted by Gasteiger charge is -2.26. The van der Waals surface area contributed by atoms with E-state index in [-0.39, 0.29) is 5.91 Å². The molecule has 3 rings (SSSR count). The van der Waals surface area contributed by atoms with Crippen LogP contribution in [-0.4, -0.2) is 30.0 Å². The van der Waals surface area contributed by atoms with Gasteiger partial charge < -0.3 is 9.64 Å². The van der Waals surface area contributed by atoms with Crippen molar-refractivity contribution in [3.05, 3.63) is 60.2 Å². The Morgan fingerprint density at radius 3 is 2.28 bits per heavy atom. The lowest BCUT2D eigenvalue weighted by molar-refractivity contribution is -0.131. The molecule has 5 heteroatoms. The maximum absolute atomic E-state index is 12.3. The van der Waals surface area contributed by atoms with Crippen LogP contribution in [0.5, 0.6) is 5.75 Å². The van der Waals surface area contributed by atoms with Crippen molar-refractivity contribution in [1.29, 1.82) is 0 Å². The number of amides is 2. The Labute approximate surface area is 147 Å². The van der Waals surface area contributed by atoms with Gasteiger partial charge in [-0.25, -0.2) is 4.79 Å². The van der Waals surface area contributed by atoms with E-state index in [9.17, 15) is 9.59 Å². The molecule has 5 nitrogen and oxygen atoms in total. The lowest BCUT2D eigenvalue weighted by Crippen LogP contribution is -2.36. The van der Waals surface area contributed by atoms with Crippen LogP contribution in [0.4, 0.5) is 10.5 Å². The highest BCUT2D eigenvalue weighted by Crippen LogP contribution is 2.15. The molecule has 0 radical (unpaired) electrons. The second-order valence-corrected chi connectivity index (χ2v) is 6.14. The zero-order chi connectivity index (χ0) is 17.5. The molecule has 0 atom stereocenters. The van der Waals surface area contributed by atoms with E-state index in [2.05, 4.69) is 5.32 Å². The molecule has 1 fully saturated rings. The van der Waals surface area contributed by atoms with Gasteiger partial charge in [0.1, 0.15) is 5.75 Å². The van der Waals surface area contributed by atoms with E-state index < -0.39 is 6.09 Å². The Morgan fingerprint density at radius 1 is 0.920 bits per heavy atom. The number of ether oxygens (including phenoxy) is 1. The molecule has 0 aliphatic carbocycles. The molecule has 1 aliphatic heterocycles. The Bertz CT molecular complexity index is 707. The van der Waals surface area contributed by atoms with Crippen LogP contribution in [0.1, 0.15) is 24.8 Å². The van der Waals surface area contributed by atoms with Crippen LogP contribution in [0.3, 0.4) is 0 Å². The number of benzene rings is 2. The normalized spacial score (nSPS) is 14.0. The van der Waals surface area contributed by atoms with Gasteiger partial charge in [-0.15, -0.1) is 0 Å². The fourth-order valence-corrected chi connectivity index (χ4v) is 2.87. The Hall–Kier alpha value is -2.82. The lowest BCUT2D eigenvalue weighted by atomic mass is 10.1. The number of nitrogens with zero attached hydrogens (tertiary/aromatic N) is 1. The number of nitrogens with one attached hydrogen (secondary N) is 1. The Kier molecular flexibility index (Phi) is 5.67. The molecule has 1 saturated heterocycles. The topological polar surface area (TPSA) is 58.6 Å². The fraction of sp³-hybridized carbons (Fsp3) is 0.300. The van der Waals surface area contributed by atoms with E-state index in [1.54, 1.807) is 36.4 Å². The number of anilines is 1. The molecule has 1 N–H and O–H groups in total. The third-order valence-corrected chi connectivity index (χ3v) is 4.22. The average molecular weight is 338 g/mol. The largest absolute Gasteiger partial charge is 0.417 e. The molecule has 0 bridgehead atoms. The van der Waals surface area contributed by atoms with E-state index >= 15 is 0 Å². The first-order valence-corrected chi connectivity index (χ1v) is 8.61. The third-order valence-electron chi connectivity index (χ3n) is 4.22. The van der Waals surface area contributed by atoms with Crippen LogP contribution in [0.15, 0.2) is 54.6 Å². The van der Waals surface area contributed by atoms with Gasteiger partial charge in [0.15, 0.2) is 0 Å². The van der Waals surface area contributed by atoms with Crippen molar-refractivity contribution < 1.29 is 14.3 Å². The molecule has 0 saturated carbocycles. The van der Waals surface area contributed by atoms with Gasteiger partial charge in [0.05, 0.1) is 6.42 Å². The molecule has 0 aromatic heterocycles. The minimum atomic E-state index is -0.539. The van der Waals surface area contributed by atoms with Gasteiger partial charge >= 0.3 is 6.09 Å². The maximum atomic E-state index is 12.3.